The highest BCUT2D eigenvalue weighted by Crippen LogP contribution is 2.25. The van der Waals surface area contributed by atoms with Crippen LogP contribution in [0, 0.1) is 6.92 Å². The predicted molar refractivity (Wildman–Crippen MR) is 81.0 cm³/mol. The molecule has 106 valence electrons. The van der Waals surface area contributed by atoms with Crippen LogP contribution >= 0.6 is 0 Å². The molecule has 0 saturated heterocycles. The van der Waals surface area contributed by atoms with Gasteiger partial charge in [0.2, 0.25) is 5.88 Å². The topological polar surface area (TPSA) is 73.1 Å². The van der Waals surface area contributed by atoms with Gasteiger partial charge in [-0.3, -0.25) is 0 Å². The average molecular weight is 272 g/mol. The molecule has 0 atom stereocenters. The third kappa shape index (κ3) is 3.60. The molecule has 1 aromatic carbocycles. The molecule has 2 rings (SSSR count). The Balaban J connectivity index is 2.02. The average Bonchev–Trinajstić information content (AvgIpc) is 2.45. The van der Waals surface area contributed by atoms with Gasteiger partial charge in [0.05, 0.1) is 6.61 Å². The zero-order chi connectivity index (χ0) is 14.4. The van der Waals surface area contributed by atoms with Crippen molar-refractivity contribution in [3.8, 4) is 5.88 Å². The van der Waals surface area contributed by atoms with E-state index in [1.807, 2.05) is 32.0 Å². The minimum absolute atomic E-state index is 0.446. The monoisotopic (exact) mass is 272 g/mol. The lowest BCUT2D eigenvalue weighted by atomic mass is 10.1. The summed E-state index contributed by atoms with van der Waals surface area (Å²) in [6, 6.07) is 10.3. The van der Waals surface area contributed by atoms with Crippen molar-refractivity contribution in [2.45, 2.75) is 20.3 Å². The van der Waals surface area contributed by atoms with Crippen molar-refractivity contribution >= 4 is 11.5 Å². The fourth-order valence-corrected chi connectivity index (χ4v) is 1.91. The number of nitrogens with zero attached hydrogens (tertiary/aromatic N) is 2. The number of hydrogen-bond donors (Lipinski definition) is 2. The van der Waals surface area contributed by atoms with Crippen LogP contribution in [0.3, 0.4) is 0 Å². The molecule has 0 aliphatic carbocycles. The quantitative estimate of drug-likeness (QED) is 0.845. The number of aromatic nitrogens is 2. The Labute approximate surface area is 119 Å². The van der Waals surface area contributed by atoms with Crippen LogP contribution in [0.1, 0.15) is 18.3 Å². The number of anilines is 2. The van der Waals surface area contributed by atoms with E-state index in [0.29, 0.717) is 29.8 Å². The summed E-state index contributed by atoms with van der Waals surface area (Å²) in [5.41, 5.74) is 7.74. The van der Waals surface area contributed by atoms with Gasteiger partial charge in [-0.2, -0.15) is 4.98 Å². The maximum atomic E-state index is 6.01. The third-order valence-electron chi connectivity index (χ3n) is 2.85. The van der Waals surface area contributed by atoms with E-state index in [-0.39, 0.29) is 0 Å². The Kier molecular flexibility index (Phi) is 4.76. The van der Waals surface area contributed by atoms with E-state index in [1.165, 1.54) is 5.56 Å². The lowest BCUT2D eigenvalue weighted by Gasteiger charge is -2.12. The number of nitrogens with one attached hydrogen (secondary N) is 1. The van der Waals surface area contributed by atoms with Gasteiger partial charge in [0.25, 0.3) is 0 Å². The molecule has 2 aromatic rings. The second-order valence-corrected chi connectivity index (χ2v) is 4.43. The van der Waals surface area contributed by atoms with Gasteiger partial charge in [-0.15, -0.1) is 0 Å². The molecule has 1 aromatic heterocycles. The van der Waals surface area contributed by atoms with Crippen molar-refractivity contribution < 1.29 is 4.74 Å². The molecular weight excluding hydrogens is 252 g/mol. The maximum absolute atomic E-state index is 6.01. The summed E-state index contributed by atoms with van der Waals surface area (Å²) in [4.78, 5) is 8.51. The van der Waals surface area contributed by atoms with Gasteiger partial charge < -0.3 is 15.8 Å². The lowest BCUT2D eigenvalue weighted by molar-refractivity contribution is 0.327. The van der Waals surface area contributed by atoms with Crippen LogP contribution in [0.25, 0.3) is 0 Å². The first kappa shape index (κ1) is 14.1. The van der Waals surface area contributed by atoms with Crippen molar-refractivity contribution in [1.29, 1.82) is 0 Å². The zero-order valence-corrected chi connectivity index (χ0v) is 11.9. The Morgan fingerprint density at radius 1 is 1.20 bits per heavy atom. The maximum Gasteiger partial charge on any atom is 0.242 e. The minimum Gasteiger partial charge on any atom is -0.476 e. The van der Waals surface area contributed by atoms with E-state index in [0.717, 1.165) is 13.0 Å². The number of benzene rings is 1. The van der Waals surface area contributed by atoms with Gasteiger partial charge in [-0.05, 0) is 25.8 Å². The first-order valence-corrected chi connectivity index (χ1v) is 6.75. The summed E-state index contributed by atoms with van der Waals surface area (Å²) >= 11 is 0. The fourth-order valence-electron chi connectivity index (χ4n) is 1.91. The van der Waals surface area contributed by atoms with Crippen LogP contribution < -0.4 is 15.8 Å². The second-order valence-electron chi connectivity index (χ2n) is 4.43. The van der Waals surface area contributed by atoms with E-state index in [4.69, 9.17) is 10.5 Å². The number of rotatable bonds is 6. The molecule has 0 aliphatic rings. The standard InChI is InChI=1S/C15H20N4O/c1-3-20-15-13(16)14(18-11(2)19-15)17-10-9-12-7-5-4-6-8-12/h4-8H,3,9-10,16H2,1-2H3,(H,17,18,19). The molecule has 0 aliphatic heterocycles. The first-order chi connectivity index (χ1) is 9.70. The van der Waals surface area contributed by atoms with E-state index in [9.17, 15) is 0 Å². The molecule has 0 unspecified atom stereocenters. The molecule has 20 heavy (non-hydrogen) atoms. The summed E-state index contributed by atoms with van der Waals surface area (Å²) in [5.74, 6) is 1.73. The Morgan fingerprint density at radius 3 is 2.65 bits per heavy atom. The number of ether oxygens (including phenoxy) is 1. The Bertz CT molecular complexity index is 557. The van der Waals surface area contributed by atoms with E-state index in [2.05, 4.69) is 27.4 Å². The van der Waals surface area contributed by atoms with Crippen molar-refractivity contribution in [2.24, 2.45) is 0 Å². The molecule has 5 heteroatoms. The van der Waals surface area contributed by atoms with E-state index < -0.39 is 0 Å². The molecule has 3 N–H and O–H groups in total. The highest BCUT2D eigenvalue weighted by Gasteiger charge is 2.10. The van der Waals surface area contributed by atoms with Crippen LogP contribution in [-0.2, 0) is 6.42 Å². The summed E-state index contributed by atoms with van der Waals surface area (Å²) < 4.78 is 5.41. The van der Waals surface area contributed by atoms with Gasteiger partial charge in [0.15, 0.2) is 5.82 Å². The number of hydrogen-bond acceptors (Lipinski definition) is 5. The largest absolute Gasteiger partial charge is 0.476 e. The fraction of sp³-hybridized carbons (Fsp3) is 0.333. The molecule has 0 amide bonds. The molecular formula is C15H20N4O. The SMILES string of the molecule is CCOc1nc(C)nc(NCCc2ccccc2)c1N. The molecule has 5 nitrogen and oxygen atoms in total. The zero-order valence-electron chi connectivity index (χ0n) is 11.9. The van der Waals surface area contributed by atoms with Crippen molar-refractivity contribution in [3.05, 3.63) is 41.7 Å². The lowest BCUT2D eigenvalue weighted by Crippen LogP contribution is -2.11. The van der Waals surface area contributed by atoms with Gasteiger partial charge in [-0.1, -0.05) is 30.3 Å². The van der Waals surface area contributed by atoms with Gasteiger partial charge >= 0.3 is 0 Å². The van der Waals surface area contributed by atoms with Crippen LogP contribution in [0.5, 0.6) is 5.88 Å². The molecule has 0 fully saturated rings. The van der Waals surface area contributed by atoms with Gasteiger partial charge in [-0.25, -0.2) is 4.98 Å². The van der Waals surface area contributed by atoms with Gasteiger partial charge in [0, 0.05) is 6.54 Å². The normalized spacial score (nSPS) is 10.3. The molecule has 0 saturated carbocycles. The second kappa shape index (κ2) is 6.75. The van der Waals surface area contributed by atoms with Crippen molar-refractivity contribution in [2.75, 3.05) is 24.2 Å². The van der Waals surface area contributed by atoms with Gasteiger partial charge in [0.1, 0.15) is 11.5 Å². The summed E-state index contributed by atoms with van der Waals surface area (Å²) in [7, 11) is 0. The van der Waals surface area contributed by atoms with E-state index in [1.54, 1.807) is 0 Å². The minimum atomic E-state index is 0.446. The molecule has 0 radical (unpaired) electrons. The van der Waals surface area contributed by atoms with Crippen molar-refractivity contribution in [3.63, 3.8) is 0 Å². The smallest absolute Gasteiger partial charge is 0.242 e. The van der Waals surface area contributed by atoms with Crippen molar-refractivity contribution in [1.82, 2.24) is 9.97 Å². The number of nitrogen functional groups attached to an aromatic ring is 1. The first-order valence-electron chi connectivity index (χ1n) is 6.75. The van der Waals surface area contributed by atoms with Crippen LogP contribution in [-0.4, -0.2) is 23.1 Å². The van der Waals surface area contributed by atoms with Crippen LogP contribution in [0.15, 0.2) is 30.3 Å². The predicted octanol–water partition coefficient (Wildman–Crippen LogP) is 2.42. The highest BCUT2D eigenvalue weighted by atomic mass is 16.5. The Hall–Kier alpha value is -2.30. The number of nitrogens with two attached hydrogens (primary N) is 1. The summed E-state index contributed by atoms with van der Waals surface area (Å²) in [5, 5.41) is 3.24. The highest BCUT2D eigenvalue weighted by molar-refractivity contribution is 5.66. The summed E-state index contributed by atoms with van der Waals surface area (Å²) in [6.45, 7) is 5.02. The third-order valence-corrected chi connectivity index (χ3v) is 2.85. The van der Waals surface area contributed by atoms with Crippen LogP contribution in [0.2, 0.25) is 0 Å². The molecule has 1 heterocycles. The number of aryl methyl sites for hydroxylation is 1. The van der Waals surface area contributed by atoms with E-state index >= 15 is 0 Å². The molecule has 0 spiro atoms. The summed E-state index contributed by atoms with van der Waals surface area (Å²) in [6.07, 6.45) is 0.910. The molecule has 0 bridgehead atoms. The van der Waals surface area contributed by atoms with Crippen LogP contribution in [0.4, 0.5) is 11.5 Å². The Morgan fingerprint density at radius 2 is 1.95 bits per heavy atom.